The summed E-state index contributed by atoms with van der Waals surface area (Å²) < 4.78 is 28.5. The van der Waals surface area contributed by atoms with Gasteiger partial charge in [-0.2, -0.15) is 0 Å². The van der Waals surface area contributed by atoms with Crippen LogP contribution in [-0.2, 0) is 39.8 Å². The van der Waals surface area contributed by atoms with Crippen LogP contribution in [0.1, 0.15) is 75.6 Å². The second kappa shape index (κ2) is 24.2. The zero-order chi connectivity index (χ0) is 40.9. The van der Waals surface area contributed by atoms with Gasteiger partial charge >= 0.3 is 5.97 Å². The van der Waals surface area contributed by atoms with Crippen LogP contribution in [0.15, 0.2) is 79.0 Å². The quantitative estimate of drug-likeness (QED) is 0.0577. The SMILES string of the molecule is Cc1ccnc(CCCCC(=O)NCC(=O)C[C@@H](CC(=O)O)c2ccc(-c3ccc(OCCOCCOCCOCCOCC(C)(C)C)c4ccccc34)cc2)c1. The highest BCUT2D eigenvalue weighted by Gasteiger charge is 2.20. The van der Waals surface area contributed by atoms with Crippen molar-refractivity contribution < 1.29 is 43.2 Å². The fourth-order valence-electron chi connectivity index (χ4n) is 6.31. The molecule has 4 aromatic rings. The summed E-state index contributed by atoms with van der Waals surface area (Å²) in [5.41, 5.74) is 5.02. The maximum Gasteiger partial charge on any atom is 0.303 e. The van der Waals surface area contributed by atoms with E-state index in [1.165, 1.54) is 0 Å². The zero-order valence-electron chi connectivity index (χ0n) is 34.1. The van der Waals surface area contributed by atoms with Gasteiger partial charge in [-0.05, 0) is 77.4 Å². The normalized spacial score (nSPS) is 12.1. The third-order valence-corrected chi connectivity index (χ3v) is 9.15. The number of rotatable bonds is 27. The molecule has 308 valence electrons. The van der Waals surface area contributed by atoms with Crippen molar-refractivity contribution in [3.05, 3.63) is 95.8 Å². The van der Waals surface area contributed by atoms with E-state index >= 15 is 0 Å². The van der Waals surface area contributed by atoms with Crippen molar-refractivity contribution in [1.82, 2.24) is 10.3 Å². The predicted octanol–water partition coefficient (Wildman–Crippen LogP) is 7.75. The highest BCUT2D eigenvalue weighted by molar-refractivity contribution is 6.00. The minimum atomic E-state index is -0.987. The average molecular weight is 785 g/mol. The van der Waals surface area contributed by atoms with Crippen molar-refractivity contribution in [2.75, 3.05) is 66.0 Å². The summed E-state index contributed by atoms with van der Waals surface area (Å²) in [5, 5.41) is 14.3. The molecule has 3 aromatic carbocycles. The molecule has 0 saturated heterocycles. The van der Waals surface area contributed by atoms with Crippen molar-refractivity contribution in [3.8, 4) is 16.9 Å². The Morgan fingerprint density at radius 2 is 1.40 bits per heavy atom. The van der Waals surface area contributed by atoms with Gasteiger partial charge in [-0.15, -0.1) is 0 Å². The molecule has 0 bridgehead atoms. The van der Waals surface area contributed by atoms with Crippen molar-refractivity contribution in [3.63, 3.8) is 0 Å². The van der Waals surface area contributed by atoms with Gasteiger partial charge in [-0.1, -0.05) is 75.4 Å². The van der Waals surface area contributed by atoms with E-state index < -0.39 is 11.9 Å². The van der Waals surface area contributed by atoms with Gasteiger partial charge in [0.1, 0.15) is 12.4 Å². The molecule has 1 heterocycles. The molecule has 57 heavy (non-hydrogen) atoms. The Morgan fingerprint density at radius 1 is 0.754 bits per heavy atom. The number of aryl methyl sites for hydroxylation is 2. The Balaban J connectivity index is 1.20. The van der Waals surface area contributed by atoms with E-state index in [4.69, 9.17) is 23.7 Å². The van der Waals surface area contributed by atoms with Crippen LogP contribution in [0.5, 0.6) is 5.75 Å². The Hall–Kier alpha value is -4.68. The van der Waals surface area contributed by atoms with Crippen molar-refractivity contribution in [2.45, 2.75) is 72.1 Å². The number of Topliss-reactive ketones (excluding diaryl/α,β-unsaturated/α-hetero) is 1. The topological polar surface area (TPSA) is 143 Å². The number of nitrogens with one attached hydrogen (secondary N) is 1. The molecule has 0 unspecified atom stereocenters. The lowest BCUT2D eigenvalue weighted by atomic mass is 9.89. The molecule has 11 nitrogen and oxygen atoms in total. The molecule has 1 amide bonds. The fraction of sp³-hybridized carbons (Fsp3) is 0.478. The van der Waals surface area contributed by atoms with E-state index in [1.807, 2.05) is 79.7 Å². The highest BCUT2D eigenvalue weighted by atomic mass is 16.6. The van der Waals surface area contributed by atoms with Crippen molar-refractivity contribution in [1.29, 1.82) is 0 Å². The van der Waals surface area contributed by atoms with Gasteiger partial charge in [0.05, 0.1) is 65.8 Å². The number of hydrogen-bond acceptors (Lipinski definition) is 9. The molecule has 0 aliphatic carbocycles. The van der Waals surface area contributed by atoms with Gasteiger partial charge in [0.2, 0.25) is 5.91 Å². The number of ketones is 1. The summed E-state index contributed by atoms with van der Waals surface area (Å²) in [6, 6.07) is 23.7. The molecular formula is C46H60N2O9. The van der Waals surface area contributed by atoms with Crippen LogP contribution in [0, 0.1) is 12.3 Å². The monoisotopic (exact) mass is 784 g/mol. The second-order valence-electron chi connectivity index (χ2n) is 15.4. The smallest absolute Gasteiger partial charge is 0.303 e. The minimum Gasteiger partial charge on any atom is -0.491 e. The zero-order valence-corrected chi connectivity index (χ0v) is 34.1. The lowest BCUT2D eigenvalue weighted by Gasteiger charge is -2.17. The largest absolute Gasteiger partial charge is 0.491 e. The number of aliphatic carboxylic acids is 1. The average Bonchev–Trinajstić information content (AvgIpc) is 3.18. The summed E-state index contributed by atoms with van der Waals surface area (Å²) in [5.74, 6) is -1.16. The Labute approximate surface area is 337 Å². The van der Waals surface area contributed by atoms with Gasteiger partial charge in [-0.3, -0.25) is 19.4 Å². The molecule has 0 aliphatic rings. The number of carboxylic acids is 1. The molecular weight excluding hydrogens is 725 g/mol. The molecule has 0 fully saturated rings. The van der Waals surface area contributed by atoms with Crippen LogP contribution >= 0.6 is 0 Å². The van der Waals surface area contributed by atoms with Crippen molar-refractivity contribution >= 4 is 28.4 Å². The summed E-state index contributed by atoms with van der Waals surface area (Å²) in [6.07, 6.45) is 4.23. The van der Waals surface area contributed by atoms with Gasteiger partial charge in [-0.25, -0.2) is 0 Å². The summed E-state index contributed by atoms with van der Waals surface area (Å²) in [7, 11) is 0. The van der Waals surface area contributed by atoms with Crippen molar-refractivity contribution in [2.24, 2.45) is 5.41 Å². The minimum absolute atomic E-state index is 0.0139. The molecule has 11 heteroatoms. The molecule has 4 rings (SSSR count). The number of aromatic nitrogens is 1. The number of carbonyl (C=O) groups excluding carboxylic acids is 2. The molecule has 0 spiro atoms. The standard InChI is InChI=1S/C46H60N2O9/c1-34-19-20-47-38(29-34)9-5-8-12-44(50)48-32-39(49)30-37(31-45(51)52)35-13-15-36(16-14-35)40-17-18-43(42-11-7-6-10-41(40)42)57-28-27-55-24-23-53-21-22-54-25-26-56-33-46(2,3)4/h6-7,10-11,13-20,29,37H,5,8-9,12,21-28,30-33H2,1-4H3,(H,48,50)(H,51,52)/t37-/m0/s1. The number of carbonyl (C=O) groups is 3. The third-order valence-electron chi connectivity index (χ3n) is 9.15. The fourth-order valence-corrected chi connectivity index (χ4v) is 6.31. The second-order valence-corrected chi connectivity index (χ2v) is 15.4. The first-order chi connectivity index (χ1) is 27.5. The van der Waals surface area contributed by atoms with E-state index in [-0.39, 0.29) is 36.5 Å². The van der Waals surface area contributed by atoms with Crippen LogP contribution in [0.3, 0.4) is 0 Å². The van der Waals surface area contributed by atoms with Gasteiger partial charge in [0.15, 0.2) is 5.78 Å². The van der Waals surface area contributed by atoms with E-state index in [1.54, 1.807) is 6.20 Å². The first-order valence-electron chi connectivity index (χ1n) is 20.0. The first-order valence-corrected chi connectivity index (χ1v) is 20.0. The maximum absolute atomic E-state index is 12.9. The Bertz CT molecular complexity index is 1840. The number of benzene rings is 3. The van der Waals surface area contributed by atoms with Gasteiger partial charge in [0.25, 0.3) is 0 Å². The number of hydrogen-bond donors (Lipinski definition) is 2. The van der Waals surface area contributed by atoms with Crippen LogP contribution in [0.4, 0.5) is 0 Å². The maximum atomic E-state index is 12.9. The molecule has 0 radical (unpaired) electrons. The van der Waals surface area contributed by atoms with E-state index in [0.717, 1.165) is 57.3 Å². The molecule has 1 atom stereocenters. The number of pyridine rings is 1. The van der Waals surface area contributed by atoms with Gasteiger partial charge < -0.3 is 34.1 Å². The Morgan fingerprint density at radius 3 is 2.05 bits per heavy atom. The van der Waals surface area contributed by atoms with Gasteiger partial charge in [0, 0.05) is 36.0 Å². The third kappa shape index (κ3) is 17.1. The van der Waals surface area contributed by atoms with Crippen LogP contribution < -0.4 is 10.1 Å². The van der Waals surface area contributed by atoms with E-state index in [9.17, 15) is 19.5 Å². The van der Waals surface area contributed by atoms with E-state index in [2.05, 4.69) is 31.1 Å². The number of fused-ring (bicyclic) bond motifs is 1. The highest BCUT2D eigenvalue weighted by Crippen LogP contribution is 2.35. The number of carboxylic acid groups (broad SMARTS) is 1. The predicted molar refractivity (Wildman–Crippen MR) is 222 cm³/mol. The Kier molecular flexibility index (Phi) is 19.1. The summed E-state index contributed by atoms with van der Waals surface area (Å²) in [6.45, 7) is 12.9. The molecule has 2 N–H and O–H groups in total. The van der Waals surface area contributed by atoms with Crippen LogP contribution in [0.25, 0.3) is 21.9 Å². The lowest BCUT2D eigenvalue weighted by Crippen LogP contribution is -2.30. The summed E-state index contributed by atoms with van der Waals surface area (Å²) >= 11 is 0. The van der Waals surface area contributed by atoms with Crippen LogP contribution in [-0.4, -0.2) is 93.8 Å². The molecule has 0 aliphatic heterocycles. The molecule has 1 aromatic heterocycles. The number of amides is 1. The molecule has 0 saturated carbocycles. The van der Waals surface area contributed by atoms with Crippen LogP contribution in [0.2, 0.25) is 0 Å². The first kappa shape index (κ1) is 45.0. The van der Waals surface area contributed by atoms with E-state index in [0.29, 0.717) is 72.3 Å². The number of nitrogens with zero attached hydrogens (tertiary/aromatic N) is 1. The lowest BCUT2D eigenvalue weighted by molar-refractivity contribution is -0.137. The number of unbranched alkanes of at least 4 members (excludes halogenated alkanes) is 1. The summed E-state index contributed by atoms with van der Waals surface area (Å²) in [4.78, 5) is 41.4. The number of ether oxygens (including phenoxy) is 5.